The maximum absolute atomic E-state index is 5.73. The van der Waals surface area contributed by atoms with E-state index in [0.717, 1.165) is 12.5 Å². The number of hydrogen-bond donors (Lipinski definition) is 1. The fourth-order valence-corrected chi connectivity index (χ4v) is 2.77. The van der Waals surface area contributed by atoms with Crippen LogP contribution in [0.2, 0.25) is 0 Å². The highest BCUT2D eigenvalue weighted by Gasteiger charge is 2.18. The molecule has 1 aliphatic heterocycles. The first-order valence-corrected chi connectivity index (χ1v) is 7.27. The number of rotatable bonds is 5. The van der Waals surface area contributed by atoms with Gasteiger partial charge in [0.15, 0.2) is 0 Å². The zero-order chi connectivity index (χ0) is 12.8. The molecule has 0 spiro atoms. The van der Waals surface area contributed by atoms with E-state index in [0.29, 0.717) is 5.92 Å². The van der Waals surface area contributed by atoms with Crippen LogP contribution >= 0.6 is 0 Å². The summed E-state index contributed by atoms with van der Waals surface area (Å²) >= 11 is 0. The first-order chi connectivity index (χ1) is 8.79. The summed E-state index contributed by atoms with van der Waals surface area (Å²) in [4.78, 5) is 2.60. The average Bonchev–Trinajstić information content (AvgIpc) is 2.46. The smallest absolute Gasteiger partial charge is 0.00130 e. The van der Waals surface area contributed by atoms with Crippen LogP contribution in [0.5, 0.6) is 0 Å². The van der Waals surface area contributed by atoms with E-state index in [-0.39, 0.29) is 0 Å². The SMILES string of the molecule is CC(CCN1CCC(CN)CC1)c1ccccc1. The first kappa shape index (κ1) is 13.6. The Kier molecular flexibility index (Phi) is 5.21. The third kappa shape index (κ3) is 3.82. The second-order valence-corrected chi connectivity index (χ2v) is 5.62. The molecule has 2 nitrogen and oxygen atoms in total. The minimum absolute atomic E-state index is 0.665. The van der Waals surface area contributed by atoms with Crippen LogP contribution in [0, 0.1) is 5.92 Å². The van der Waals surface area contributed by atoms with E-state index >= 15 is 0 Å². The second kappa shape index (κ2) is 6.91. The molecule has 1 atom stereocenters. The van der Waals surface area contributed by atoms with Crippen LogP contribution in [-0.4, -0.2) is 31.1 Å². The highest BCUT2D eigenvalue weighted by molar-refractivity contribution is 5.18. The van der Waals surface area contributed by atoms with Crippen molar-refractivity contribution < 1.29 is 0 Å². The van der Waals surface area contributed by atoms with Crippen LogP contribution in [-0.2, 0) is 0 Å². The monoisotopic (exact) mass is 246 g/mol. The molecule has 2 rings (SSSR count). The van der Waals surface area contributed by atoms with Crippen molar-refractivity contribution in [2.45, 2.75) is 32.1 Å². The van der Waals surface area contributed by atoms with Crippen LogP contribution in [0.1, 0.15) is 37.7 Å². The molecule has 1 unspecified atom stereocenters. The van der Waals surface area contributed by atoms with E-state index in [1.165, 1.54) is 44.5 Å². The molecule has 1 saturated heterocycles. The lowest BCUT2D eigenvalue weighted by Crippen LogP contribution is -2.36. The van der Waals surface area contributed by atoms with Crippen molar-refractivity contribution in [3.05, 3.63) is 35.9 Å². The summed E-state index contributed by atoms with van der Waals surface area (Å²) in [6, 6.07) is 10.8. The minimum atomic E-state index is 0.665. The van der Waals surface area contributed by atoms with Crippen molar-refractivity contribution in [3.8, 4) is 0 Å². The maximum Gasteiger partial charge on any atom is -0.00130 e. The lowest BCUT2D eigenvalue weighted by atomic mass is 9.95. The van der Waals surface area contributed by atoms with Gasteiger partial charge in [0, 0.05) is 0 Å². The van der Waals surface area contributed by atoms with E-state index in [1.54, 1.807) is 0 Å². The van der Waals surface area contributed by atoms with Gasteiger partial charge < -0.3 is 10.6 Å². The number of benzene rings is 1. The summed E-state index contributed by atoms with van der Waals surface area (Å²) in [6.07, 6.45) is 3.84. The third-order valence-electron chi connectivity index (χ3n) is 4.29. The molecular formula is C16H26N2. The Morgan fingerprint density at radius 1 is 1.22 bits per heavy atom. The average molecular weight is 246 g/mol. The molecule has 0 saturated carbocycles. The van der Waals surface area contributed by atoms with Crippen LogP contribution in [0.15, 0.2) is 30.3 Å². The van der Waals surface area contributed by atoms with Gasteiger partial charge in [-0.15, -0.1) is 0 Å². The van der Waals surface area contributed by atoms with Gasteiger partial charge in [-0.1, -0.05) is 37.3 Å². The largest absolute Gasteiger partial charge is 0.330 e. The molecule has 1 heterocycles. The van der Waals surface area contributed by atoms with Crippen LogP contribution in [0.25, 0.3) is 0 Å². The van der Waals surface area contributed by atoms with Crippen molar-refractivity contribution in [1.82, 2.24) is 4.90 Å². The van der Waals surface area contributed by atoms with Crippen molar-refractivity contribution in [2.24, 2.45) is 11.7 Å². The molecular weight excluding hydrogens is 220 g/mol. The number of nitrogens with two attached hydrogens (primary N) is 1. The fourth-order valence-electron chi connectivity index (χ4n) is 2.77. The second-order valence-electron chi connectivity index (χ2n) is 5.62. The summed E-state index contributed by atoms with van der Waals surface area (Å²) in [5.74, 6) is 1.44. The summed E-state index contributed by atoms with van der Waals surface area (Å²) in [7, 11) is 0. The summed E-state index contributed by atoms with van der Waals surface area (Å²) in [5, 5.41) is 0. The standard InChI is InChI=1S/C16H26N2/c1-14(16-5-3-2-4-6-16)7-10-18-11-8-15(13-17)9-12-18/h2-6,14-15H,7-13,17H2,1H3. The molecule has 2 N–H and O–H groups in total. The number of likely N-dealkylation sites (tertiary alicyclic amines) is 1. The van der Waals surface area contributed by atoms with E-state index in [4.69, 9.17) is 5.73 Å². The van der Waals surface area contributed by atoms with Crippen LogP contribution < -0.4 is 5.73 Å². The Morgan fingerprint density at radius 3 is 2.50 bits per heavy atom. The Balaban J connectivity index is 1.72. The highest BCUT2D eigenvalue weighted by Crippen LogP contribution is 2.21. The predicted octanol–water partition coefficient (Wildman–Crippen LogP) is 2.85. The van der Waals surface area contributed by atoms with Crippen LogP contribution in [0.4, 0.5) is 0 Å². The molecule has 2 heteroatoms. The molecule has 0 amide bonds. The van der Waals surface area contributed by atoms with Crippen LogP contribution in [0.3, 0.4) is 0 Å². The number of nitrogens with zero attached hydrogens (tertiary/aromatic N) is 1. The van der Waals surface area contributed by atoms with Gasteiger partial charge in [0.05, 0.1) is 0 Å². The van der Waals surface area contributed by atoms with E-state index in [9.17, 15) is 0 Å². The highest BCUT2D eigenvalue weighted by atomic mass is 15.1. The zero-order valence-electron chi connectivity index (χ0n) is 11.5. The quantitative estimate of drug-likeness (QED) is 0.865. The molecule has 1 aliphatic rings. The Morgan fingerprint density at radius 2 is 1.89 bits per heavy atom. The topological polar surface area (TPSA) is 29.3 Å². The molecule has 1 fully saturated rings. The molecule has 18 heavy (non-hydrogen) atoms. The van der Waals surface area contributed by atoms with Crippen molar-refractivity contribution in [2.75, 3.05) is 26.2 Å². The maximum atomic E-state index is 5.73. The lowest BCUT2D eigenvalue weighted by molar-refractivity contribution is 0.183. The van der Waals surface area contributed by atoms with Gasteiger partial charge in [-0.3, -0.25) is 0 Å². The lowest BCUT2D eigenvalue weighted by Gasteiger charge is -2.32. The molecule has 100 valence electrons. The van der Waals surface area contributed by atoms with Gasteiger partial charge in [-0.05, 0) is 62.8 Å². The third-order valence-corrected chi connectivity index (χ3v) is 4.29. The van der Waals surface area contributed by atoms with Gasteiger partial charge in [0.25, 0.3) is 0 Å². The van der Waals surface area contributed by atoms with Gasteiger partial charge in [0.1, 0.15) is 0 Å². The molecule has 0 bridgehead atoms. The Labute approximate surface area is 111 Å². The molecule has 0 radical (unpaired) electrons. The molecule has 0 aliphatic carbocycles. The summed E-state index contributed by atoms with van der Waals surface area (Å²) in [6.45, 7) is 6.91. The van der Waals surface area contributed by atoms with Crippen molar-refractivity contribution >= 4 is 0 Å². The minimum Gasteiger partial charge on any atom is -0.330 e. The summed E-state index contributed by atoms with van der Waals surface area (Å²) < 4.78 is 0. The van der Waals surface area contributed by atoms with E-state index < -0.39 is 0 Å². The van der Waals surface area contributed by atoms with Gasteiger partial charge in [0.2, 0.25) is 0 Å². The Bertz CT molecular complexity index is 328. The summed E-state index contributed by atoms with van der Waals surface area (Å²) in [5.41, 5.74) is 7.20. The van der Waals surface area contributed by atoms with E-state index in [1.807, 2.05) is 0 Å². The Hall–Kier alpha value is -0.860. The van der Waals surface area contributed by atoms with Gasteiger partial charge in [-0.25, -0.2) is 0 Å². The molecule has 1 aromatic carbocycles. The normalized spacial score (nSPS) is 19.9. The molecule has 1 aromatic rings. The van der Waals surface area contributed by atoms with Gasteiger partial charge in [-0.2, -0.15) is 0 Å². The van der Waals surface area contributed by atoms with Crippen molar-refractivity contribution in [1.29, 1.82) is 0 Å². The number of piperidine rings is 1. The first-order valence-electron chi connectivity index (χ1n) is 7.27. The molecule has 0 aromatic heterocycles. The van der Waals surface area contributed by atoms with Gasteiger partial charge >= 0.3 is 0 Å². The van der Waals surface area contributed by atoms with E-state index in [2.05, 4.69) is 42.2 Å². The number of hydrogen-bond acceptors (Lipinski definition) is 2. The predicted molar refractivity (Wildman–Crippen MR) is 77.7 cm³/mol. The zero-order valence-corrected chi connectivity index (χ0v) is 11.5. The fraction of sp³-hybridized carbons (Fsp3) is 0.625. The van der Waals surface area contributed by atoms with Crippen molar-refractivity contribution in [3.63, 3.8) is 0 Å².